The molecule has 0 radical (unpaired) electrons. The van der Waals surface area contributed by atoms with E-state index in [1.807, 2.05) is 18.0 Å². The van der Waals surface area contributed by atoms with E-state index < -0.39 is 0 Å². The number of H-pyrrole nitrogens is 1. The summed E-state index contributed by atoms with van der Waals surface area (Å²) in [5, 5.41) is 4.21. The molecule has 2 aromatic heterocycles. The summed E-state index contributed by atoms with van der Waals surface area (Å²) in [6.07, 6.45) is 7.57. The Morgan fingerprint density at radius 3 is 3.08 bits per heavy atom. The van der Waals surface area contributed by atoms with Gasteiger partial charge >= 0.3 is 6.03 Å². The van der Waals surface area contributed by atoms with E-state index in [1.54, 1.807) is 17.5 Å². The molecule has 1 aliphatic rings. The van der Waals surface area contributed by atoms with E-state index in [0.717, 1.165) is 55.3 Å². The Morgan fingerprint density at radius 1 is 1.50 bits per heavy atom. The third-order valence-corrected chi connectivity index (χ3v) is 5.66. The van der Waals surface area contributed by atoms with E-state index in [0.29, 0.717) is 12.5 Å². The van der Waals surface area contributed by atoms with Gasteiger partial charge < -0.3 is 15.2 Å². The van der Waals surface area contributed by atoms with Gasteiger partial charge in [0.1, 0.15) is 5.82 Å². The molecule has 1 unspecified atom stereocenters. The van der Waals surface area contributed by atoms with Gasteiger partial charge in [-0.05, 0) is 33.1 Å². The normalized spacial score (nSPS) is 17.9. The van der Waals surface area contributed by atoms with Crippen LogP contribution in [0.1, 0.15) is 46.6 Å². The van der Waals surface area contributed by atoms with Gasteiger partial charge in [0.2, 0.25) is 0 Å². The quantitative estimate of drug-likeness (QED) is 0.817. The number of rotatable bonds is 5. The first-order chi connectivity index (χ1) is 11.6. The number of hydrogen-bond donors (Lipinski definition) is 2. The van der Waals surface area contributed by atoms with Crippen LogP contribution in [-0.2, 0) is 6.42 Å². The van der Waals surface area contributed by atoms with E-state index in [4.69, 9.17) is 0 Å². The fraction of sp³-hybridized carbons (Fsp3) is 0.588. The van der Waals surface area contributed by atoms with Gasteiger partial charge in [-0.1, -0.05) is 0 Å². The molecule has 2 N–H and O–H groups in total. The molecule has 3 heterocycles. The van der Waals surface area contributed by atoms with Gasteiger partial charge in [0.05, 0.1) is 10.7 Å². The van der Waals surface area contributed by atoms with E-state index in [-0.39, 0.29) is 6.03 Å². The van der Waals surface area contributed by atoms with Gasteiger partial charge in [0.25, 0.3) is 0 Å². The molecule has 24 heavy (non-hydrogen) atoms. The summed E-state index contributed by atoms with van der Waals surface area (Å²) in [6, 6.07) is 0.0396. The van der Waals surface area contributed by atoms with Crippen LogP contribution in [0.15, 0.2) is 12.4 Å². The van der Waals surface area contributed by atoms with E-state index in [1.165, 1.54) is 4.88 Å². The maximum atomic E-state index is 12.4. The smallest absolute Gasteiger partial charge is 0.317 e. The molecule has 0 saturated carbocycles. The number of nitrogens with zero attached hydrogens (tertiary/aromatic N) is 3. The number of thiazole rings is 1. The molecule has 1 fully saturated rings. The molecular weight excluding hydrogens is 322 g/mol. The molecule has 130 valence electrons. The summed E-state index contributed by atoms with van der Waals surface area (Å²) in [5.41, 5.74) is 1.12. The third kappa shape index (κ3) is 4.14. The van der Waals surface area contributed by atoms with Crippen LogP contribution in [0.5, 0.6) is 0 Å². The Kier molecular flexibility index (Phi) is 5.50. The maximum absolute atomic E-state index is 12.4. The minimum Gasteiger partial charge on any atom is -0.348 e. The second-order valence-corrected chi connectivity index (χ2v) is 7.63. The standard InChI is InChI=1S/C17H25N5OS/c1-12-13(2)24-15(21-12)6-3-7-20-17(23)22-10-4-5-14(11-22)16-18-8-9-19-16/h8-9,14H,3-7,10-11H2,1-2H3,(H,18,19)(H,20,23). The van der Waals surface area contributed by atoms with E-state index >= 15 is 0 Å². The third-order valence-electron chi connectivity index (χ3n) is 4.53. The molecule has 6 nitrogen and oxygen atoms in total. The molecule has 3 rings (SSSR count). The number of aromatic nitrogens is 3. The van der Waals surface area contributed by atoms with Crippen molar-refractivity contribution in [3.8, 4) is 0 Å². The van der Waals surface area contributed by atoms with Gasteiger partial charge in [0, 0.05) is 49.2 Å². The number of piperidine rings is 1. The van der Waals surface area contributed by atoms with Crippen molar-refractivity contribution in [3.63, 3.8) is 0 Å². The maximum Gasteiger partial charge on any atom is 0.317 e. The van der Waals surface area contributed by atoms with Crippen molar-refractivity contribution in [2.24, 2.45) is 0 Å². The minimum absolute atomic E-state index is 0.0396. The van der Waals surface area contributed by atoms with Crippen LogP contribution in [0.3, 0.4) is 0 Å². The zero-order valence-corrected chi connectivity index (χ0v) is 15.2. The summed E-state index contributed by atoms with van der Waals surface area (Å²) in [6.45, 7) is 6.41. The first-order valence-electron chi connectivity index (χ1n) is 8.58. The minimum atomic E-state index is 0.0396. The second kappa shape index (κ2) is 7.79. The number of amides is 2. The lowest BCUT2D eigenvalue weighted by atomic mass is 9.98. The lowest BCUT2D eigenvalue weighted by Gasteiger charge is -2.31. The van der Waals surface area contributed by atoms with Gasteiger partial charge in [-0.25, -0.2) is 14.8 Å². The zero-order valence-electron chi connectivity index (χ0n) is 14.3. The van der Waals surface area contributed by atoms with Crippen LogP contribution in [-0.4, -0.2) is 45.5 Å². The topological polar surface area (TPSA) is 73.9 Å². The number of aryl methyl sites for hydroxylation is 3. The van der Waals surface area contributed by atoms with Crippen molar-refractivity contribution in [3.05, 3.63) is 33.8 Å². The molecule has 1 saturated heterocycles. The molecule has 1 aliphatic heterocycles. The van der Waals surface area contributed by atoms with Crippen molar-refractivity contribution < 1.29 is 4.79 Å². The van der Waals surface area contributed by atoms with Gasteiger partial charge in [0.15, 0.2) is 0 Å². The fourth-order valence-corrected chi connectivity index (χ4v) is 4.05. The molecule has 0 bridgehead atoms. The molecular formula is C17H25N5OS. The molecule has 0 aliphatic carbocycles. The predicted octanol–water partition coefficient (Wildman–Crippen LogP) is 3.00. The van der Waals surface area contributed by atoms with Crippen molar-refractivity contribution in [2.45, 2.75) is 45.4 Å². The summed E-state index contributed by atoms with van der Waals surface area (Å²) in [4.78, 5) is 27.6. The van der Waals surface area contributed by atoms with Crippen molar-refractivity contribution >= 4 is 17.4 Å². The van der Waals surface area contributed by atoms with Crippen molar-refractivity contribution in [1.82, 2.24) is 25.2 Å². The number of carbonyl (C=O) groups is 1. The monoisotopic (exact) mass is 347 g/mol. The van der Waals surface area contributed by atoms with Crippen LogP contribution in [0.4, 0.5) is 4.79 Å². The summed E-state index contributed by atoms with van der Waals surface area (Å²) in [5.74, 6) is 1.31. The molecule has 2 aromatic rings. The summed E-state index contributed by atoms with van der Waals surface area (Å²) < 4.78 is 0. The largest absolute Gasteiger partial charge is 0.348 e. The van der Waals surface area contributed by atoms with E-state index in [9.17, 15) is 4.79 Å². The Balaban J connectivity index is 1.41. The molecule has 0 aromatic carbocycles. The summed E-state index contributed by atoms with van der Waals surface area (Å²) in [7, 11) is 0. The number of carbonyl (C=O) groups excluding carboxylic acids is 1. The van der Waals surface area contributed by atoms with Crippen LogP contribution >= 0.6 is 11.3 Å². The molecule has 7 heteroatoms. The number of imidazole rings is 1. The Labute approximate surface area is 146 Å². The van der Waals surface area contributed by atoms with Crippen LogP contribution < -0.4 is 5.32 Å². The lowest BCUT2D eigenvalue weighted by molar-refractivity contribution is 0.178. The second-order valence-electron chi connectivity index (χ2n) is 6.34. The van der Waals surface area contributed by atoms with Gasteiger partial charge in [-0.15, -0.1) is 11.3 Å². The number of urea groups is 1. The number of hydrogen-bond acceptors (Lipinski definition) is 4. The zero-order chi connectivity index (χ0) is 16.9. The average Bonchev–Trinajstić information content (AvgIpc) is 3.22. The highest BCUT2D eigenvalue weighted by atomic mass is 32.1. The fourth-order valence-electron chi connectivity index (χ4n) is 3.08. The highest BCUT2D eigenvalue weighted by Gasteiger charge is 2.25. The molecule has 0 spiro atoms. The number of aromatic amines is 1. The highest BCUT2D eigenvalue weighted by Crippen LogP contribution is 2.24. The number of likely N-dealkylation sites (tertiary alicyclic amines) is 1. The van der Waals surface area contributed by atoms with Crippen molar-refractivity contribution in [2.75, 3.05) is 19.6 Å². The van der Waals surface area contributed by atoms with Crippen LogP contribution in [0.2, 0.25) is 0 Å². The van der Waals surface area contributed by atoms with Gasteiger partial charge in [-0.3, -0.25) is 0 Å². The molecule has 2 amide bonds. The average molecular weight is 347 g/mol. The SMILES string of the molecule is Cc1nc(CCCNC(=O)N2CCCC(c3ncc[nH]3)C2)sc1C. The van der Waals surface area contributed by atoms with Crippen LogP contribution in [0, 0.1) is 13.8 Å². The first-order valence-corrected chi connectivity index (χ1v) is 9.40. The number of nitrogens with one attached hydrogen (secondary N) is 2. The van der Waals surface area contributed by atoms with Crippen LogP contribution in [0.25, 0.3) is 0 Å². The highest BCUT2D eigenvalue weighted by molar-refractivity contribution is 7.11. The van der Waals surface area contributed by atoms with Gasteiger partial charge in [-0.2, -0.15) is 0 Å². The predicted molar refractivity (Wildman–Crippen MR) is 95.4 cm³/mol. The lowest BCUT2D eigenvalue weighted by Crippen LogP contribution is -2.45. The van der Waals surface area contributed by atoms with E-state index in [2.05, 4.69) is 27.2 Å². The van der Waals surface area contributed by atoms with Crippen molar-refractivity contribution in [1.29, 1.82) is 0 Å². The Hall–Kier alpha value is -1.89. The Bertz CT molecular complexity index is 647. The summed E-state index contributed by atoms with van der Waals surface area (Å²) >= 11 is 1.76. The Morgan fingerprint density at radius 2 is 2.38 bits per heavy atom. The first kappa shape index (κ1) is 17.0. The molecule has 1 atom stereocenters.